The van der Waals surface area contributed by atoms with Crippen LogP contribution in [0.5, 0.6) is 0 Å². The summed E-state index contributed by atoms with van der Waals surface area (Å²) in [6.07, 6.45) is -0.228. The molecule has 1 atom stereocenters. The van der Waals surface area contributed by atoms with Crippen molar-refractivity contribution in [3.8, 4) is 0 Å². The zero-order chi connectivity index (χ0) is 12.0. The van der Waals surface area contributed by atoms with Crippen molar-refractivity contribution in [2.24, 2.45) is 0 Å². The Bertz CT molecular complexity index is 364. The monoisotopic (exact) mass is 238 g/mol. The molecule has 0 spiro atoms. The van der Waals surface area contributed by atoms with Crippen LogP contribution in [0.15, 0.2) is 30.3 Å². The maximum atomic E-state index is 11.3. The second-order valence-electron chi connectivity index (χ2n) is 3.44. The van der Waals surface area contributed by atoms with Gasteiger partial charge in [0, 0.05) is 0 Å². The van der Waals surface area contributed by atoms with Crippen LogP contribution in [0, 0.1) is 0 Å². The van der Waals surface area contributed by atoms with Crippen molar-refractivity contribution in [3.63, 3.8) is 0 Å². The van der Waals surface area contributed by atoms with Gasteiger partial charge in [-0.1, -0.05) is 30.3 Å². The minimum atomic E-state index is -1.72. The minimum Gasteiger partial charge on any atom is -0.518 e. The summed E-state index contributed by atoms with van der Waals surface area (Å²) in [4.78, 5) is 21.5. The predicted molar refractivity (Wildman–Crippen MR) is 62.1 cm³/mol. The number of carbonyl (C=O) groups excluding carboxylic acids is 1. The fraction of sp³-hybridized carbons (Fsp3) is 0.273. The van der Waals surface area contributed by atoms with Crippen LogP contribution < -0.4 is 5.19 Å². The maximum absolute atomic E-state index is 11.3. The highest BCUT2D eigenvalue weighted by atomic mass is 28.3. The summed E-state index contributed by atoms with van der Waals surface area (Å²) >= 11 is 0. The fourth-order valence-corrected chi connectivity index (χ4v) is 2.67. The predicted octanol–water partition coefficient (Wildman–Crippen LogP) is 0.655. The van der Waals surface area contributed by atoms with E-state index < -0.39 is 21.0 Å². The third kappa shape index (κ3) is 4.27. The van der Waals surface area contributed by atoms with Crippen LogP contribution in [0.25, 0.3) is 0 Å². The number of benzene rings is 1. The Labute approximate surface area is 95.6 Å². The van der Waals surface area contributed by atoms with Gasteiger partial charge in [-0.3, -0.25) is 9.59 Å². The smallest absolute Gasteiger partial charge is 0.303 e. The number of hydrogen-bond donors (Lipinski definition) is 1. The molecule has 0 aliphatic rings. The summed E-state index contributed by atoms with van der Waals surface area (Å²) in [5.41, 5.74) is 0. The minimum absolute atomic E-state index is 0.0560. The lowest BCUT2D eigenvalue weighted by molar-refractivity contribution is -0.142. The average Bonchev–Trinajstić information content (AvgIpc) is 2.27. The number of carbonyl (C=O) groups is 2. The van der Waals surface area contributed by atoms with E-state index in [0.717, 1.165) is 5.19 Å². The largest absolute Gasteiger partial charge is 0.518 e. The summed E-state index contributed by atoms with van der Waals surface area (Å²) < 4.78 is 5.22. The van der Waals surface area contributed by atoms with E-state index in [-0.39, 0.29) is 12.8 Å². The first-order valence-corrected chi connectivity index (χ1v) is 7.26. The van der Waals surface area contributed by atoms with Gasteiger partial charge in [0.05, 0.1) is 12.8 Å². The highest BCUT2D eigenvalue weighted by Gasteiger charge is 2.14. The Balaban J connectivity index is 2.43. The molecule has 1 aromatic carbocycles. The highest BCUT2D eigenvalue weighted by Crippen LogP contribution is 1.97. The summed E-state index contributed by atoms with van der Waals surface area (Å²) in [5.74, 6) is -1.41. The van der Waals surface area contributed by atoms with Crippen LogP contribution >= 0.6 is 0 Å². The van der Waals surface area contributed by atoms with Crippen molar-refractivity contribution in [3.05, 3.63) is 30.3 Å². The third-order valence-corrected chi connectivity index (χ3v) is 4.06. The second kappa shape index (κ2) is 6.07. The Morgan fingerprint density at radius 2 is 1.88 bits per heavy atom. The molecule has 1 N–H and O–H groups in total. The molecule has 0 fully saturated rings. The van der Waals surface area contributed by atoms with Crippen LogP contribution in [0.3, 0.4) is 0 Å². The molecule has 0 heterocycles. The molecule has 0 aromatic heterocycles. The van der Waals surface area contributed by atoms with Gasteiger partial charge in [-0.05, 0) is 11.7 Å². The van der Waals surface area contributed by atoms with Gasteiger partial charge in [-0.15, -0.1) is 0 Å². The van der Waals surface area contributed by atoms with Crippen molar-refractivity contribution in [1.29, 1.82) is 0 Å². The van der Waals surface area contributed by atoms with Gasteiger partial charge in [0.2, 0.25) is 0 Å². The lowest BCUT2D eigenvalue weighted by atomic mass is 10.3. The zero-order valence-electron chi connectivity index (χ0n) is 9.05. The van der Waals surface area contributed by atoms with Crippen molar-refractivity contribution in [2.75, 3.05) is 0 Å². The van der Waals surface area contributed by atoms with Crippen LogP contribution in [-0.2, 0) is 14.0 Å². The molecule has 0 radical (unpaired) electrons. The number of hydrogen-bond acceptors (Lipinski definition) is 3. The first-order chi connectivity index (χ1) is 7.59. The molecular formula is C11H14O4Si. The zero-order valence-corrected chi connectivity index (χ0v) is 10.2. The van der Waals surface area contributed by atoms with Crippen LogP contribution in [0.1, 0.15) is 12.8 Å². The number of aliphatic carboxylic acids is 1. The Morgan fingerprint density at radius 3 is 2.44 bits per heavy atom. The lowest BCUT2D eigenvalue weighted by Crippen LogP contribution is -2.32. The third-order valence-electron chi connectivity index (χ3n) is 2.12. The molecule has 0 aliphatic carbocycles. The molecule has 1 unspecified atom stereocenters. The van der Waals surface area contributed by atoms with Gasteiger partial charge in [-0.2, -0.15) is 0 Å². The van der Waals surface area contributed by atoms with Crippen molar-refractivity contribution >= 4 is 26.2 Å². The molecule has 0 aliphatic heterocycles. The first kappa shape index (κ1) is 12.4. The van der Waals surface area contributed by atoms with Gasteiger partial charge in [0.25, 0.3) is 15.0 Å². The quantitative estimate of drug-likeness (QED) is 0.765. The van der Waals surface area contributed by atoms with Crippen LogP contribution in [0.2, 0.25) is 6.55 Å². The molecule has 1 aromatic rings. The van der Waals surface area contributed by atoms with E-state index in [4.69, 9.17) is 9.53 Å². The summed E-state index contributed by atoms with van der Waals surface area (Å²) in [6.45, 7) is 1.90. The Kier molecular flexibility index (Phi) is 4.72. The van der Waals surface area contributed by atoms with E-state index in [1.807, 2.05) is 36.9 Å². The molecule has 86 valence electrons. The van der Waals surface area contributed by atoms with Crippen molar-refractivity contribution in [1.82, 2.24) is 0 Å². The Hall–Kier alpha value is -1.62. The van der Waals surface area contributed by atoms with Crippen molar-refractivity contribution < 1.29 is 19.1 Å². The second-order valence-corrected chi connectivity index (χ2v) is 5.62. The van der Waals surface area contributed by atoms with Gasteiger partial charge < -0.3 is 9.53 Å². The molecule has 0 saturated heterocycles. The first-order valence-electron chi connectivity index (χ1n) is 5.06. The SMILES string of the molecule is C[SiH](OC(=O)CCC(=O)O)c1ccccc1. The van der Waals surface area contributed by atoms with Gasteiger partial charge in [-0.25, -0.2) is 0 Å². The van der Waals surface area contributed by atoms with E-state index in [2.05, 4.69) is 0 Å². The lowest BCUT2D eigenvalue weighted by Gasteiger charge is -2.11. The maximum Gasteiger partial charge on any atom is 0.303 e. The molecule has 0 bridgehead atoms. The standard InChI is InChI=1S/C11H14O4Si/c1-16(9-5-3-2-4-6-9)15-11(14)8-7-10(12)13/h2-6,16H,7-8H2,1H3,(H,12,13). The molecule has 16 heavy (non-hydrogen) atoms. The number of rotatable bonds is 5. The van der Waals surface area contributed by atoms with E-state index in [1.54, 1.807) is 0 Å². The van der Waals surface area contributed by atoms with E-state index in [1.165, 1.54) is 0 Å². The van der Waals surface area contributed by atoms with E-state index >= 15 is 0 Å². The van der Waals surface area contributed by atoms with E-state index in [9.17, 15) is 9.59 Å². The summed E-state index contributed by atoms with van der Waals surface area (Å²) in [5, 5.41) is 9.45. The van der Waals surface area contributed by atoms with Gasteiger partial charge >= 0.3 is 5.97 Å². The molecule has 4 nitrogen and oxygen atoms in total. The van der Waals surface area contributed by atoms with Crippen LogP contribution in [0.4, 0.5) is 0 Å². The Morgan fingerprint density at radius 1 is 1.25 bits per heavy atom. The van der Waals surface area contributed by atoms with Crippen molar-refractivity contribution in [2.45, 2.75) is 19.4 Å². The summed E-state index contributed by atoms with van der Waals surface area (Å²) in [6, 6.07) is 9.52. The highest BCUT2D eigenvalue weighted by molar-refractivity contribution is 6.67. The van der Waals surface area contributed by atoms with Crippen LogP contribution in [-0.4, -0.2) is 26.1 Å². The van der Waals surface area contributed by atoms with E-state index in [0.29, 0.717) is 0 Å². The molecular weight excluding hydrogens is 224 g/mol. The fourth-order valence-electron chi connectivity index (χ4n) is 1.26. The topological polar surface area (TPSA) is 63.6 Å². The normalized spacial score (nSPS) is 11.8. The average molecular weight is 238 g/mol. The van der Waals surface area contributed by atoms with Gasteiger partial charge in [0.15, 0.2) is 0 Å². The van der Waals surface area contributed by atoms with Gasteiger partial charge in [0.1, 0.15) is 0 Å². The molecule has 1 rings (SSSR count). The molecule has 0 amide bonds. The number of carboxylic acid groups (broad SMARTS) is 1. The molecule has 5 heteroatoms. The molecule has 0 saturated carbocycles. The number of carboxylic acids is 1. The summed E-state index contributed by atoms with van der Waals surface area (Å²) in [7, 11) is -1.72.